The summed E-state index contributed by atoms with van der Waals surface area (Å²) in [5.74, 6) is 1.98. The second kappa shape index (κ2) is 6.50. The number of rotatable bonds is 7. The van der Waals surface area contributed by atoms with Crippen LogP contribution in [-0.4, -0.2) is 29.3 Å². The van der Waals surface area contributed by atoms with Crippen molar-refractivity contribution in [2.24, 2.45) is 5.73 Å². The molecule has 2 aromatic heterocycles. The lowest BCUT2D eigenvalue weighted by Crippen LogP contribution is -2.16. The van der Waals surface area contributed by atoms with Crippen LogP contribution in [0.2, 0.25) is 0 Å². The number of nitrogens with zero attached hydrogens (tertiary/aromatic N) is 2. The zero-order valence-electron chi connectivity index (χ0n) is 10.4. The maximum absolute atomic E-state index is 7.47. The topological polar surface area (TPSA) is 113 Å². The molecule has 0 aliphatic carbocycles. The van der Waals surface area contributed by atoms with Crippen LogP contribution < -0.4 is 16.4 Å². The summed E-state index contributed by atoms with van der Waals surface area (Å²) in [6.07, 6.45) is 4.27. The monoisotopic (exact) mass is 260 g/mol. The van der Waals surface area contributed by atoms with Crippen LogP contribution in [0.4, 0.5) is 11.6 Å². The van der Waals surface area contributed by atoms with Crippen molar-refractivity contribution in [3.05, 3.63) is 36.0 Å². The third-order valence-corrected chi connectivity index (χ3v) is 2.48. The number of aromatic nitrogens is 2. The van der Waals surface area contributed by atoms with Crippen LogP contribution in [0.3, 0.4) is 0 Å². The maximum atomic E-state index is 7.47. The Morgan fingerprint density at radius 3 is 2.74 bits per heavy atom. The summed E-state index contributed by atoms with van der Waals surface area (Å²) in [7, 11) is 0. The van der Waals surface area contributed by atoms with Gasteiger partial charge in [-0.1, -0.05) is 0 Å². The third kappa shape index (κ3) is 3.29. The van der Waals surface area contributed by atoms with E-state index in [2.05, 4.69) is 20.6 Å². The van der Waals surface area contributed by atoms with Gasteiger partial charge in [-0.25, -0.2) is 9.97 Å². The molecule has 2 rings (SSSR count). The van der Waals surface area contributed by atoms with Crippen molar-refractivity contribution in [2.75, 3.05) is 23.7 Å². The molecule has 2 heterocycles. The summed E-state index contributed by atoms with van der Waals surface area (Å²) in [6, 6.07) is 3.69. The molecule has 5 N–H and O–H groups in total. The molecule has 0 aliphatic heterocycles. The predicted octanol–water partition coefficient (Wildman–Crippen LogP) is 1.05. The van der Waals surface area contributed by atoms with Crippen LogP contribution in [0.5, 0.6) is 0 Å². The van der Waals surface area contributed by atoms with Crippen molar-refractivity contribution >= 4 is 17.9 Å². The summed E-state index contributed by atoms with van der Waals surface area (Å²) >= 11 is 0. The normalized spacial score (nSPS) is 10.2. The average Bonchev–Trinajstić information content (AvgIpc) is 2.96. The Bertz CT molecular complexity index is 525. The third-order valence-electron chi connectivity index (χ3n) is 2.48. The molecule has 0 aromatic carbocycles. The van der Waals surface area contributed by atoms with Gasteiger partial charge in [0, 0.05) is 19.3 Å². The Morgan fingerprint density at radius 1 is 1.32 bits per heavy atom. The molecule has 0 spiro atoms. The van der Waals surface area contributed by atoms with E-state index < -0.39 is 0 Å². The lowest BCUT2D eigenvalue weighted by molar-refractivity contribution is 0.518. The van der Waals surface area contributed by atoms with Crippen LogP contribution in [-0.2, 0) is 6.54 Å². The Labute approximate surface area is 110 Å². The zero-order chi connectivity index (χ0) is 13.5. The number of furan rings is 1. The molecule has 0 saturated heterocycles. The zero-order valence-corrected chi connectivity index (χ0v) is 10.4. The van der Waals surface area contributed by atoms with Crippen molar-refractivity contribution in [3.63, 3.8) is 0 Å². The summed E-state index contributed by atoms with van der Waals surface area (Å²) < 4.78 is 5.23. The second-order valence-electron chi connectivity index (χ2n) is 3.78. The van der Waals surface area contributed by atoms with Crippen LogP contribution in [0, 0.1) is 5.41 Å². The van der Waals surface area contributed by atoms with E-state index in [0.717, 1.165) is 5.76 Å². The van der Waals surface area contributed by atoms with Gasteiger partial charge in [-0.2, -0.15) is 0 Å². The first kappa shape index (κ1) is 13.0. The molecule has 7 nitrogen and oxygen atoms in total. The lowest BCUT2D eigenvalue weighted by Gasteiger charge is -2.11. The largest absolute Gasteiger partial charge is 0.467 e. The summed E-state index contributed by atoms with van der Waals surface area (Å²) in [4.78, 5) is 8.23. The number of hydrogen-bond acceptors (Lipinski definition) is 7. The first-order valence-electron chi connectivity index (χ1n) is 5.91. The quantitative estimate of drug-likeness (QED) is 0.553. The smallest absolute Gasteiger partial charge is 0.140 e. The summed E-state index contributed by atoms with van der Waals surface area (Å²) in [6.45, 7) is 1.59. The van der Waals surface area contributed by atoms with Gasteiger partial charge in [0.2, 0.25) is 0 Å². The number of hydrogen-bond donors (Lipinski definition) is 4. The van der Waals surface area contributed by atoms with Crippen molar-refractivity contribution < 1.29 is 4.42 Å². The molecule has 7 heteroatoms. The number of nitrogens with one attached hydrogen (secondary N) is 3. The standard InChI is InChI=1S/C12H16N6O/c13-3-4-15-11-10(6-14)12(18-8-17-11)16-7-9-2-1-5-19-9/h1-2,5-6,8,14H,3-4,7,13H2,(H2,15,16,17,18). The molecule has 19 heavy (non-hydrogen) atoms. The van der Waals surface area contributed by atoms with E-state index in [1.165, 1.54) is 12.5 Å². The second-order valence-corrected chi connectivity index (χ2v) is 3.78. The van der Waals surface area contributed by atoms with Gasteiger partial charge in [0.15, 0.2) is 0 Å². The number of nitrogens with two attached hydrogens (primary N) is 1. The highest BCUT2D eigenvalue weighted by Crippen LogP contribution is 2.18. The van der Waals surface area contributed by atoms with Crippen LogP contribution >= 0.6 is 0 Å². The van der Waals surface area contributed by atoms with Gasteiger partial charge < -0.3 is 26.2 Å². The average molecular weight is 260 g/mol. The van der Waals surface area contributed by atoms with E-state index in [0.29, 0.717) is 36.8 Å². The van der Waals surface area contributed by atoms with Crippen LogP contribution in [0.25, 0.3) is 0 Å². The maximum Gasteiger partial charge on any atom is 0.140 e. The van der Waals surface area contributed by atoms with E-state index in [-0.39, 0.29) is 0 Å². The van der Waals surface area contributed by atoms with Crippen molar-refractivity contribution in [1.29, 1.82) is 5.41 Å². The summed E-state index contributed by atoms with van der Waals surface area (Å²) in [5.41, 5.74) is 6.04. The molecule has 0 atom stereocenters. The molecule has 0 amide bonds. The molecule has 0 radical (unpaired) electrons. The molecular formula is C12H16N6O. The highest BCUT2D eigenvalue weighted by atomic mass is 16.3. The minimum atomic E-state index is 0.497. The molecule has 0 aliphatic rings. The highest BCUT2D eigenvalue weighted by molar-refractivity contribution is 5.90. The highest BCUT2D eigenvalue weighted by Gasteiger charge is 2.09. The van der Waals surface area contributed by atoms with E-state index in [1.54, 1.807) is 6.26 Å². The van der Waals surface area contributed by atoms with E-state index in [4.69, 9.17) is 15.6 Å². The van der Waals surface area contributed by atoms with E-state index in [1.807, 2.05) is 12.1 Å². The molecule has 0 unspecified atom stereocenters. The Balaban J connectivity index is 2.12. The molecule has 0 saturated carbocycles. The first-order chi connectivity index (χ1) is 9.35. The molecule has 100 valence electrons. The Kier molecular flexibility index (Phi) is 4.46. The van der Waals surface area contributed by atoms with Gasteiger partial charge >= 0.3 is 0 Å². The molecule has 0 bridgehead atoms. The molecule has 0 fully saturated rings. The van der Waals surface area contributed by atoms with Crippen molar-refractivity contribution in [1.82, 2.24) is 9.97 Å². The number of anilines is 2. The van der Waals surface area contributed by atoms with Gasteiger partial charge in [0.05, 0.1) is 18.4 Å². The van der Waals surface area contributed by atoms with Gasteiger partial charge in [0.1, 0.15) is 23.7 Å². The SMILES string of the molecule is N=Cc1c(NCCN)ncnc1NCc1ccco1. The molecule has 2 aromatic rings. The van der Waals surface area contributed by atoms with Crippen molar-refractivity contribution in [2.45, 2.75) is 6.54 Å². The van der Waals surface area contributed by atoms with Crippen LogP contribution in [0.1, 0.15) is 11.3 Å². The fourth-order valence-corrected chi connectivity index (χ4v) is 1.59. The summed E-state index contributed by atoms with van der Waals surface area (Å²) in [5, 5.41) is 13.6. The minimum absolute atomic E-state index is 0.497. The molecular weight excluding hydrogens is 244 g/mol. The van der Waals surface area contributed by atoms with Gasteiger partial charge in [-0.15, -0.1) is 0 Å². The van der Waals surface area contributed by atoms with Gasteiger partial charge in [-0.05, 0) is 12.1 Å². The van der Waals surface area contributed by atoms with E-state index >= 15 is 0 Å². The Hall–Kier alpha value is -2.41. The van der Waals surface area contributed by atoms with E-state index in [9.17, 15) is 0 Å². The predicted molar refractivity (Wildman–Crippen MR) is 73.5 cm³/mol. The Morgan fingerprint density at radius 2 is 2.11 bits per heavy atom. The lowest BCUT2D eigenvalue weighted by atomic mass is 10.3. The fraction of sp³-hybridized carbons (Fsp3) is 0.250. The van der Waals surface area contributed by atoms with Gasteiger partial charge in [0.25, 0.3) is 0 Å². The fourth-order valence-electron chi connectivity index (χ4n) is 1.59. The van der Waals surface area contributed by atoms with Gasteiger partial charge in [-0.3, -0.25) is 0 Å². The minimum Gasteiger partial charge on any atom is -0.467 e. The first-order valence-corrected chi connectivity index (χ1v) is 5.91. The van der Waals surface area contributed by atoms with Crippen LogP contribution in [0.15, 0.2) is 29.1 Å². The van der Waals surface area contributed by atoms with Crippen molar-refractivity contribution in [3.8, 4) is 0 Å².